The number of anilines is 1. The van der Waals surface area contributed by atoms with E-state index >= 15 is 0 Å². The maximum Gasteiger partial charge on any atom is 0.242 e. The number of phenols is 1. The second-order valence-corrected chi connectivity index (χ2v) is 4.81. The van der Waals surface area contributed by atoms with Crippen molar-refractivity contribution in [2.45, 2.75) is 13.0 Å². The van der Waals surface area contributed by atoms with Crippen LogP contribution in [0.5, 0.6) is 5.75 Å². The summed E-state index contributed by atoms with van der Waals surface area (Å²) in [5.41, 5.74) is 1.48. The molecule has 1 fully saturated rings. The molecule has 94 valence electrons. The van der Waals surface area contributed by atoms with Gasteiger partial charge in [-0.05, 0) is 24.6 Å². The van der Waals surface area contributed by atoms with Gasteiger partial charge in [0.15, 0.2) is 0 Å². The third kappa shape index (κ3) is 3.52. The molecule has 1 saturated heterocycles. The molecule has 0 bridgehead atoms. The molecule has 1 aromatic rings. The van der Waals surface area contributed by atoms with Gasteiger partial charge in [0, 0.05) is 11.6 Å². The lowest BCUT2D eigenvalue weighted by Crippen LogP contribution is -2.37. The lowest BCUT2D eigenvalue weighted by Gasteiger charge is -2.12. The van der Waals surface area contributed by atoms with Crippen molar-refractivity contribution < 1.29 is 9.90 Å². The lowest BCUT2D eigenvalue weighted by molar-refractivity contribution is -0.117. The van der Waals surface area contributed by atoms with Crippen molar-refractivity contribution in [3.63, 3.8) is 0 Å². The molecular weight excluding hydrogens is 260 g/mol. The fourth-order valence-electron chi connectivity index (χ4n) is 1.53. The molecule has 0 radical (unpaired) electrons. The van der Waals surface area contributed by atoms with E-state index in [0.717, 1.165) is 17.2 Å². The molecule has 0 saturated carbocycles. The summed E-state index contributed by atoms with van der Waals surface area (Å²) in [6, 6.07) is 4.98. The summed E-state index contributed by atoms with van der Waals surface area (Å²) in [4.78, 5) is 11.8. The largest absolute Gasteiger partial charge is 0.506 e. The fourth-order valence-corrected chi connectivity index (χ4v) is 2.48. The summed E-state index contributed by atoms with van der Waals surface area (Å²) >= 11 is 1.69. The highest BCUT2D eigenvalue weighted by atomic mass is 35.5. The lowest BCUT2D eigenvalue weighted by atomic mass is 10.2. The number of carbonyl (C=O) groups excluding carboxylic acids is 1. The predicted molar refractivity (Wildman–Crippen MR) is 73.0 cm³/mol. The Hall–Kier alpha value is -0.910. The average molecular weight is 275 g/mol. The van der Waals surface area contributed by atoms with Gasteiger partial charge < -0.3 is 10.4 Å². The van der Waals surface area contributed by atoms with E-state index in [-0.39, 0.29) is 30.1 Å². The summed E-state index contributed by atoms with van der Waals surface area (Å²) in [5.74, 6) is 1.59. The molecule has 6 heteroatoms. The van der Waals surface area contributed by atoms with Crippen molar-refractivity contribution >= 4 is 35.8 Å². The number of hydrogen-bond acceptors (Lipinski definition) is 4. The maximum absolute atomic E-state index is 11.8. The Balaban J connectivity index is 0.00000144. The zero-order valence-corrected chi connectivity index (χ0v) is 11.0. The minimum atomic E-state index is -0.162. The highest BCUT2D eigenvalue weighted by Gasteiger charge is 2.22. The van der Waals surface area contributed by atoms with Gasteiger partial charge in [0.05, 0.1) is 11.7 Å². The van der Waals surface area contributed by atoms with Crippen molar-refractivity contribution in [1.82, 2.24) is 5.32 Å². The van der Waals surface area contributed by atoms with Crippen molar-refractivity contribution in [2.24, 2.45) is 0 Å². The molecular formula is C11H15ClN2O2S. The van der Waals surface area contributed by atoms with Gasteiger partial charge in [-0.2, -0.15) is 0 Å². The van der Waals surface area contributed by atoms with Gasteiger partial charge in [-0.1, -0.05) is 6.07 Å². The number of benzene rings is 1. The maximum atomic E-state index is 11.8. The Kier molecular flexibility index (Phi) is 5.11. The molecule has 4 nitrogen and oxygen atoms in total. The van der Waals surface area contributed by atoms with E-state index in [4.69, 9.17) is 0 Å². The normalized spacial score (nSPS) is 18.5. The van der Waals surface area contributed by atoms with Crippen LogP contribution < -0.4 is 10.6 Å². The van der Waals surface area contributed by atoms with E-state index in [0.29, 0.717) is 5.69 Å². The monoisotopic (exact) mass is 274 g/mol. The second-order valence-electron chi connectivity index (χ2n) is 3.78. The Morgan fingerprint density at radius 1 is 1.59 bits per heavy atom. The van der Waals surface area contributed by atoms with E-state index in [1.54, 1.807) is 30.0 Å². The van der Waals surface area contributed by atoms with E-state index in [1.165, 1.54) is 0 Å². The molecule has 3 N–H and O–H groups in total. The molecule has 1 aliphatic heterocycles. The Bertz CT molecular complexity index is 408. The molecule has 0 aliphatic carbocycles. The van der Waals surface area contributed by atoms with Crippen LogP contribution in [-0.2, 0) is 4.79 Å². The van der Waals surface area contributed by atoms with E-state index in [1.807, 2.05) is 6.92 Å². The van der Waals surface area contributed by atoms with Crippen LogP contribution in [0.2, 0.25) is 0 Å². The van der Waals surface area contributed by atoms with Crippen LogP contribution in [0.25, 0.3) is 0 Å². The second kappa shape index (κ2) is 6.14. The smallest absolute Gasteiger partial charge is 0.242 e. The number of nitrogens with one attached hydrogen (secondary N) is 2. The number of thioether (sulfide) groups is 1. The standard InChI is InChI=1S/C11H14N2O2S.ClH/c1-7-2-3-10(14)8(4-7)13-11(15)9-5-16-6-12-9;/h2-4,9,12,14H,5-6H2,1H3,(H,13,15);1H. The molecule has 17 heavy (non-hydrogen) atoms. The Morgan fingerprint density at radius 2 is 2.35 bits per heavy atom. The summed E-state index contributed by atoms with van der Waals surface area (Å²) in [6.07, 6.45) is 0. The van der Waals surface area contributed by atoms with Gasteiger partial charge in [0.2, 0.25) is 5.91 Å². The Morgan fingerprint density at radius 3 is 3.00 bits per heavy atom. The summed E-state index contributed by atoms with van der Waals surface area (Å²) in [5, 5.41) is 15.4. The minimum absolute atomic E-state index is 0. The van der Waals surface area contributed by atoms with Crippen molar-refractivity contribution in [2.75, 3.05) is 16.9 Å². The average Bonchev–Trinajstić information content (AvgIpc) is 2.76. The molecule has 1 atom stereocenters. The molecule has 1 aliphatic rings. The topological polar surface area (TPSA) is 61.4 Å². The molecule has 0 aromatic heterocycles. The van der Waals surface area contributed by atoms with Crippen LogP contribution in [0.3, 0.4) is 0 Å². The summed E-state index contributed by atoms with van der Waals surface area (Å²) < 4.78 is 0. The van der Waals surface area contributed by atoms with E-state index in [2.05, 4.69) is 10.6 Å². The van der Waals surface area contributed by atoms with Crippen LogP contribution in [0.15, 0.2) is 18.2 Å². The van der Waals surface area contributed by atoms with Crippen molar-refractivity contribution in [3.8, 4) is 5.75 Å². The van der Waals surface area contributed by atoms with Crippen LogP contribution in [0, 0.1) is 6.92 Å². The van der Waals surface area contributed by atoms with Gasteiger partial charge in [0.25, 0.3) is 0 Å². The molecule has 2 rings (SSSR count). The first-order chi connectivity index (χ1) is 7.66. The van der Waals surface area contributed by atoms with Crippen LogP contribution >= 0.6 is 24.2 Å². The molecule has 1 amide bonds. The quantitative estimate of drug-likeness (QED) is 0.719. The summed E-state index contributed by atoms with van der Waals surface area (Å²) in [6.45, 7) is 1.92. The first-order valence-electron chi connectivity index (χ1n) is 5.08. The van der Waals surface area contributed by atoms with Crippen LogP contribution in [0.1, 0.15) is 5.56 Å². The number of aromatic hydroxyl groups is 1. The van der Waals surface area contributed by atoms with Gasteiger partial charge in [0.1, 0.15) is 5.75 Å². The SMILES string of the molecule is Cc1ccc(O)c(NC(=O)C2CSCN2)c1.Cl. The minimum Gasteiger partial charge on any atom is -0.506 e. The van der Waals surface area contributed by atoms with E-state index in [9.17, 15) is 9.90 Å². The molecule has 0 spiro atoms. The zero-order chi connectivity index (χ0) is 11.5. The first-order valence-corrected chi connectivity index (χ1v) is 6.24. The molecule has 1 heterocycles. The fraction of sp³-hybridized carbons (Fsp3) is 0.364. The first kappa shape index (κ1) is 14.2. The van der Waals surface area contributed by atoms with Crippen molar-refractivity contribution in [1.29, 1.82) is 0 Å². The van der Waals surface area contributed by atoms with Crippen LogP contribution in [0.4, 0.5) is 5.69 Å². The van der Waals surface area contributed by atoms with Gasteiger partial charge in [-0.15, -0.1) is 24.2 Å². The number of amides is 1. The highest BCUT2D eigenvalue weighted by molar-refractivity contribution is 7.99. The van der Waals surface area contributed by atoms with E-state index < -0.39 is 0 Å². The Labute approximate surface area is 111 Å². The van der Waals surface area contributed by atoms with Crippen molar-refractivity contribution in [3.05, 3.63) is 23.8 Å². The van der Waals surface area contributed by atoms with Gasteiger partial charge in [-0.25, -0.2) is 0 Å². The third-order valence-electron chi connectivity index (χ3n) is 2.44. The van der Waals surface area contributed by atoms with Gasteiger partial charge >= 0.3 is 0 Å². The third-order valence-corrected chi connectivity index (χ3v) is 3.38. The highest BCUT2D eigenvalue weighted by Crippen LogP contribution is 2.24. The molecule has 1 unspecified atom stereocenters. The number of carbonyl (C=O) groups is 1. The summed E-state index contributed by atoms with van der Waals surface area (Å²) in [7, 11) is 0. The number of rotatable bonds is 2. The number of aryl methyl sites for hydroxylation is 1. The number of phenolic OH excluding ortho intramolecular Hbond substituents is 1. The predicted octanol–water partition coefficient (Wildman–Crippen LogP) is 1.72. The van der Waals surface area contributed by atoms with Gasteiger partial charge in [-0.3, -0.25) is 10.1 Å². The van der Waals surface area contributed by atoms with Crippen LogP contribution in [-0.4, -0.2) is 28.7 Å². The number of hydrogen-bond donors (Lipinski definition) is 3. The molecule has 1 aromatic carbocycles. The zero-order valence-electron chi connectivity index (χ0n) is 9.40. The number of halogens is 1.